The summed E-state index contributed by atoms with van der Waals surface area (Å²) in [5.41, 5.74) is 8.27. The van der Waals surface area contributed by atoms with Crippen LogP contribution in [0.25, 0.3) is 11.1 Å². The molecule has 0 unspecified atom stereocenters. The normalized spacial score (nSPS) is 10.1. The second-order valence-electron chi connectivity index (χ2n) is 3.80. The Kier molecular flexibility index (Phi) is 3.28. The summed E-state index contributed by atoms with van der Waals surface area (Å²) in [7, 11) is 1.31. The molecule has 0 aliphatic rings. The molecule has 0 saturated heterocycles. The number of hydrogen-bond acceptors (Lipinski definition) is 3. The molecule has 2 aromatic rings. The Morgan fingerprint density at radius 2 is 1.83 bits per heavy atom. The van der Waals surface area contributed by atoms with Gasteiger partial charge in [0, 0.05) is 11.3 Å². The molecular weight excluding hydrogens is 233 g/mol. The Hall–Kier alpha value is -2.36. The number of nitrogen functional groups attached to an aromatic ring is 1. The van der Waals surface area contributed by atoms with Crippen LogP contribution in [0.1, 0.15) is 10.4 Å². The number of rotatable bonds is 2. The van der Waals surface area contributed by atoms with E-state index in [1.807, 2.05) is 0 Å². The molecule has 0 saturated carbocycles. The lowest BCUT2D eigenvalue weighted by molar-refractivity contribution is 0.0601. The van der Waals surface area contributed by atoms with Crippen LogP contribution in [0.15, 0.2) is 42.5 Å². The minimum absolute atomic E-state index is 0.302. The third kappa shape index (κ3) is 2.32. The van der Waals surface area contributed by atoms with E-state index in [9.17, 15) is 9.18 Å². The van der Waals surface area contributed by atoms with Gasteiger partial charge < -0.3 is 10.5 Å². The molecule has 4 heteroatoms. The maximum Gasteiger partial charge on any atom is 0.337 e. The highest BCUT2D eigenvalue weighted by Crippen LogP contribution is 2.27. The molecular formula is C14H12FNO2. The van der Waals surface area contributed by atoms with Crippen LogP contribution in [-0.4, -0.2) is 13.1 Å². The standard InChI is InChI=1S/C14H12FNO2/c1-18-14(17)10-4-7-12(13(16)8-10)9-2-5-11(15)6-3-9/h2-8H,16H2,1H3. The molecule has 3 nitrogen and oxygen atoms in total. The summed E-state index contributed by atoms with van der Waals surface area (Å²) < 4.78 is 17.4. The largest absolute Gasteiger partial charge is 0.465 e. The summed E-state index contributed by atoms with van der Waals surface area (Å²) in [5, 5.41) is 0. The van der Waals surface area contributed by atoms with Crippen LogP contribution in [0, 0.1) is 5.82 Å². The summed E-state index contributed by atoms with van der Waals surface area (Å²) in [5.74, 6) is -0.740. The van der Waals surface area contributed by atoms with Gasteiger partial charge in [-0.2, -0.15) is 0 Å². The van der Waals surface area contributed by atoms with Crippen LogP contribution in [0.2, 0.25) is 0 Å². The van der Waals surface area contributed by atoms with E-state index in [0.717, 1.165) is 11.1 Å². The van der Waals surface area contributed by atoms with Gasteiger partial charge in [0.05, 0.1) is 12.7 Å². The van der Waals surface area contributed by atoms with Gasteiger partial charge in [-0.25, -0.2) is 9.18 Å². The van der Waals surface area contributed by atoms with E-state index < -0.39 is 5.97 Å². The number of esters is 1. The summed E-state index contributed by atoms with van der Waals surface area (Å²) >= 11 is 0. The zero-order chi connectivity index (χ0) is 13.1. The van der Waals surface area contributed by atoms with Gasteiger partial charge in [-0.05, 0) is 29.8 Å². The Morgan fingerprint density at radius 3 is 2.39 bits per heavy atom. The van der Waals surface area contributed by atoms with E-state index in [1.54, 1.807) is 30.3 Å². The van der Waals surface area contributed by atoms with E-state index in [4.69, 9.17) is 5.73 Å². The van der Waals surface area contributed by atoms with Crippen molar-refractivity contribution in [2.75, 3.05) is 12.8 Å². The Labute approximate surface area is 104 Å². The quantitative estimate of drug-likeness (QED) is 0.653. The van der Waals surface area contributed by atoms with Crippen molar-refractivity contribution < 1.29 is 13.9 Å². The molecule has 92 valence electrons. The average molecular weight is 245 g/mol. The number of ether oxygens (including phenoxy) is 1. The zero-order valence-corrected chi connectivity index (χ0v) is 9.81. The van der Waals surface area contributed by atoms with Crippen LogP contribution < -0.4 is 5.73 Å². The third-order valence-electron chi connectivity index (χ3n) is 2.63. The number of hydrogen-bond donors (Lipinski definition) is 1. The number of carbonyl (C=O) groups excluding carboxylic acids is 1. The number of halogens is 1. The first kappa shape index (κ1) is 12.1. The van der Waals surface area contributed by atoms with E-state index in [2.05, 4.69) is 4.74 Å². The third-order valence-corrected chi connectivity index (χ3v) is 2.63. The molecule has 0 heterocycles. The highest BCUT2D eigenvalue weighted by Gasteiger charge is 2.09. The topological polar surface area (TPSA) is 52.3 Å². The zero-order valence-electron chi connectivity index (χ0n) is 9.81. The predicted octanol–water partition coefficient (Wildman–Crippen LogP) is 2.86. The first-order valence-electron chi connectivity index (χ1n) is 5.35. The number of methoxy groups -OCH3 is 1. The molecule has 0 bridgehead atoms. The van der Waals surface area contributed by atoms with Crippen molar-refractivity contribution in [2.24, 2.45) is 0 Å². The van der Waals surface area contributed by atoms with Gasteiger partial charge >= 0.3 is 5.97 Å². The lowest BCUT2D eigenvalue weighted by Gasteiger charge is -2.07. The fraction of sp³-hybridized carbons (Fsp3) is 0.0714. The minimum Gasteiger partial charge on any atom is -0.465 e. The molecule has 18 heavy (non-hydrogen) atoms. The maximum absolute atomic E-state index is 12.8. The lowest BCUT2D eigenvalue weighted by Crippen LogP contribution is -2.02. The van der Waals surface area contributed by atoms with Crippen molar-refractivity contribution in [3.05, 3.63) is 53.8 Å². The summed E-state index contributed by atoms with van der Waals surface area (Å²) in [6.07, 6.45) is 0. The van der Waals surface area contributed by atoms with Crippen LogP contribution in [0.5, 0.6) is 0 Å². The number of nitrogens with two attached hydrogens (primary N) is 1. The van der Waals surface area contributed by atoms with E-state index in [1.165, 1.54) is 19.2 Å². The molecule has 0 aliphatic heterocycles. The van der Waals surface area contributed by atoms with Crippen LogP contribution in [0.4, 0.5) is 10.1 Å². The predicted molar refractivity (Wildman–Crippen MR) is 67.6 cm³/mol. The Bertz CT molecular complexity index is 579. The molecule has 2 rings (SSSR count). The second-order valence-corrected chi connectivity index (χ2v) is 3.80. The Balaban J connectivity index is 2.41. The number of benzene rings is 2. The van der Waals surface area contributed by atoms with E-state index in [0.29, 0.717) is 11.3 Å². The lowest BCUT2D eigenvalue weighted by atomic mass is 10.0. The van der Waals surface area contributed by atoms with Crippen LogP contribution >= 0.6 is 0 Å². The van der Waals surface area contributed by atoms with Gasteiger partial charge in [-0.1, -0.05) is 18.2 Å². The summed E-state index contributed by atoms with van der Waals surface area (Å²) in [4.78, 5) is 11.3. The molecule has 2 N–H and O–H groups in total. The van der Waals surface area contributed by atoms with Crippen molar-refractivity contribution in [2.45, 2.75) is 0 Å². The average Bonchev–Trinajstić information content (AvgIpc) is 2.39. The monoisotopic (exact) mass is 245 g/mol. The molecule has 0 radical (unpaired) electrons. The molecule has 0 amide bonds. The van der Waals surface area contributed by atoms with Crippen molar-refractivity contribution >= 4 is 11.7 Å². The smallest absolute Gasteiger partial charge is 0.337 e. The van der Waals surface area contributed by atoms with Gasteiger partial charge in [0.15, 0.2) is 0 Å². The van der Waals surface area contributed by atoms with Crippen molar-refractivity contribution in [3.63, 3.8) is 0 Å². The van der Waals surface area contributed by atoms with Gasteiger partial charge in [-0.3, -0.25) is 0 Å². The molecule has 0 aromatic heterocycles. The highest BCUT2D eigenvalue weighted by atomic mass is 19.1. The van der Waals surface area contributed by atoms with Crippen molar-refractivity contribution in [1.29, 1.82) is 0 Å². The SMILES string of the molecule is COC(=O)c1ccc(-c2ccc(F)cc2)c(N)c1. The van der Waals surface area contributed by atoms with Crippen molar-refractivity contribution in [1.82, 2.24) is 0 Å². The summed E-state index contributed by atoms with van der Waals surface area (Å²) in [6, 6.07) is 10.9. The van der Waals surface area contributed by atoms with Gasteiger partial charge in [0.2, 0.25) is 0 Å². The molecule has 0 spiro atoms. The number of anilines is 1. The maximum atomic E-state index is 12.8. The van der Waals surface area contributed by atoms with Gasteiger partial charge in [0.25, 0.3) is 0 Å². The van der Waals surface area contributed by atoms with E-state index >= 15 is 0 Å². The highest BCUT2D eigenvalue weighted by molar-refractivity contribution is 5.92. The van der Waals surface area contributed by atoms with Crippen LogP contribution in [0.3, 0.4) is 0 Å². The molecule has 0 atom stereocenters. The fourth-order valence-electron chi connectivity index (χ4n) is 1.70. The first-order valence-corrected chi connectivity index (χ1v) is 5.35. The van der Waals surface area contributed by atoms with Gasteiger partial charge in [0.1, 0.15) is 5.82 Å². The van der Waals surface area contributed by atoms with Gasteiger partial charge in [-0.15, -0.1) is 0 Å². The fourth-order valence-corrected chi connectivity index (χ4v) is 1.70. The van der Waals surface area contributed by atoms with Crippen molar-refractivity contribution in [3.8, 4) is 11.1 Å². The van der Waals surface area contributed by atoms with E-state index in [-0.39, 0.29) is 5.82 Å². The second kappa shape index (κ2) is 4.87. The number of carbonyl (C=O) groups is 1. The molecule has 0 aliphatic carbocycles. The Morgan fingerprint density at radius 1 is 1.17 bits per heavy atom. The molecule has 0 fully saturated rings. The van der Waals surface area contributed by atoms with Crippen LogP contribution in [-0.2, 0) is 4.74 Å². The molecule has 2 aromatic carbocycles. The minimum atomic E-state index is -0.438. The summed E-state index contributed by atoms with van der Waals surface area (Å²) in [6.45, 7) is 0. The first-order chi connectivity index (χ1) is 8.61.